The third kappa shape index (κ3) is 4.50. The number of halogens is 1. The number of carbonyl (C=O) groups excluding carboxylic acids is 2. The van der Waals surface area contributed by atoms with Gasteiger partial charge in [-0.2, -0.15) is 5.10 Å². The van der Waals surface area contributed by atoms with Crippen molar-refractivity contribution in [1.29, 1.82) is 0 Å². The number of amides is 2. The number of aromatic nitrogens is 2. The maximum Gasteiger partial charge on any atom is 0.327 e. The van der Waals surface area contributed by atoms with Gasteiger partial charge in [0.1, 0.15) is 6.54 Å². The molecule has 0 unspecified atom stereocenters. The van der Waals surface area contributed by atoms with Crippen molar-refractivity contribution < 1.29 is 14.3 Å². The molecule has 0 aliphatic heterocycles. The Balaban J connectivity index is 1.92. The van der Waals surface area contributed by atoms with E-state index in [9.17, 15) is 9.59 Å². The van der Waals surface area contributed by atoms with Crippen LogP contribution in [0.5, 0.6) is 0 Å². The molecule has 0 spiro atoms. The number of urea groups is 1. The van der Waals surface area contributed by atoms with E-state index in [1.54, 1.807) is 24.3 Å². The number of esters is 1. The summed E-state index contributed by atoms with van der Waals surface area (Å²) in [6.07, 6.45) is 2.95. The van der Waals surface area contributed by atoms with Gasteiger partial charge in [0.2, 0.25) is 0 Å². The molecular formula is C13H13ClN4O3. The van der Waals surface area contributed by atoms with Crippen LogP contribution >= 0.6 is 11.6 Å². The summed E-state index contributed by atoms with van der Waals surface area (Å²) < 4.78 is 5.88. The molecule has 1 aromatic carbocycles. The summed E-state index contributed by atoms with van der Waals surface area (Å²) in [6, 6.07) is 6.34. The number of hydrogen-bond donors (Lipinski definition) is 2. The molecule has 8 heteroatoms. The number of methoxy groups -OCH3 is 1. The highest BCUT2D eigenvalue weighted by atomic mass is 35.5. The largest absolute Gasteiger partial charge is 0.468 e. The van der Waals surface area contributed by atoms with Gasteiger partial charge in [-0.05, 0) is 18.2 Å². The van der Waals surface area contributed by atoms with E-state index in [4.69, 9.17) is 11.6 Å². The number of ether oxygens (including phenoxy) is 1. The summed E-state index contributed by atoms with van der Waals surface area (Å²) in [7, 11) is 1.30. The normalized spacial score (nSPS) is 10.0. The molecule has 1 heterocycles. The third-order valence-corrected chi connectivity index (χ3v) is 2.73. The quantitative estimate of drug-likeness (QED) is 0.849. The summed E-state index contributed by atoms with van der Waals surface area (Å²) in [4.78, 5) is 22.9. The SMILES string of the molecule is COC(=O)Cn1cc(NC(=O)Nc2cccc(Cl)c2)cn1. The van der Waals surface area contributed by atoms with Gasteiger partial charge in [0.05, 0.1) is 19.0 Å². The molecular weight excluding hydrogens is 296 g/mol. The minimum atomic E-state index is -0.435. The molecule has 0 fully saturated rings. The second-order valence-corrected chi connectivity index (χ2v) is 4.53. The predicted octanol–water partition coefficient (Wildman–Crippen LogP) is 2.35. The fourth-order valence-corrected chi connectivity index (χ4v) is 1.76. The number of rotatable bonds is 4. The number of nitrogens with zero attached hydrogens (tertiary/aromatic N) is 2. The minimum Gasteiger partial charge on any atom is -0.468 e. The topological polar surface area (TPSA) is 85.2 Å². The molecule has 0 saturated carbocycles. The Morgan fingerprint density at radius 1 is 1.33 bits per heavy atom. The smallest absolute Gasteiger partial charge is 0.327 e. The van der Waals surface area contributed by atoms with Crippen LogP contribution in [0.3, 0.4) is 0 Å². The van der Waals surface area contributed by atoms with E-state index >= 15 is 0 Å². The first-order chi connectivity index (χ1) is 10.1. The van der Waals surface area contributed by atoms with Crippen molar-refractivity contribution in [3.05, 3.63) is 41.7 Å². The van der Waals surface area contributed by atoms with Crippen LogP contribution in [0.15, 0.2) is 36.7 Å². The van der Waals surface area contributed by atoms with E-state index in [0.29, 0.717) is 16.4 Å². The van der Waals surface area contributed by atoms with Crippen molar-refractivity contribution >= 4 is 35.0 Å². The molecule has 1 aromatic heterocycles. The number of anilines is 2. The minimum absolute atomic E-state index is 0.0197. The monoisotopic (exact) mass is 308 g/mol. The third-order valence-electron chi connectivity index (χ3n) is 2.49. The van der Waals surface area contributed by atoms with Gasteiger partial charge in [-0.15, -0.1) is 0 Å². The molecule has 0 aliphatic carbocycles. The lowest BCUT2D eigenvalue weighted by atomic mass is 10.3. The molecule has 2 aromatic rings. The van der Waals surface area contributed by atoms with Gasteiger partial charge in [0, 0.05) is 16.9 Å². The molecule has 7 nitrogen and oxygen atoms in total. The molecule has 0 bridgehead atoms. The summed E-state index contributed by atoms with van der Waals surface area (Å²) in [6.45, 7) is -0.0197. The maximum atomic E-state index is 11.8. The Kier molecular flexibility index (Phi) is 4.78. The zero-order chi connectivity index (χ0) is 15.2. The van der Waals surface area contributed by atoms with Crippen molar-refractivity contribution in [2.24, 2.45) is 0 Å². The van der Waals surface area contributed by atoms with Crippen LogP contribution in [-0.2, 0) is 16.1 Å². The Bertz CT molecular complexity index is 656. The number of nitrogens with one attached hydrogen (secondary N) is 2. The average Bonchev–Trinajstić information content (AvgIpc) is 2.85. The fraction of sp³-hybridized carbons (Fsp3) is 0.154. The van der Waals surface area contributed by atoms with Crippen LogP contribution < -0.4 is 10.6 Å². The predicted molar refractivity (Wildman–Crippen MR) is 78.3 cm³/mol. The lowest BCUT2D eigenvalue weighted by molar-refractivity contribution is -0.141. The fourth-order valence-electron chi connectivity index (χ4n) is 1.57. The molecule has 0 atom stereocenters. The van der Waals surface area contributed by atoms with Crippen molar-refractivity contribution in [2.45, 2.75) is 6.54 Å². The number of carbonyl (C=O) groups is 2. The highest BCUT2D eigenvalue weighted by Crippen LogP contribution is 2.15. The van der Waals surface area contributed by atoms with E-state index < -0.39 is 12.0 Å². The van der Waals surface area contributed by atoms with Crippen molar-refractivity contribution in [2.75, 3.05) is 17.7 Å². The maximum absolute atomic E-state index is 11.8. The van der Waals surface area contributed by atoms with E-state index in [1.807, 2.05) is 0 Å². The molecule has 0 saturated heterocycles. The molecule has 2 rings (SSSR count). The standard InChI is InChI=1S/C13H13ClN4O3/c1-21-12(19)8-18-7-11(6-15-18)17-13(20)16-10-4-2-3-9(14)5-10/h2-7H,8H2,1H3,(H2,16,17,20). The Hall–Kier alpha value is -2.54. The second kappa shape index (κ2) is 6.76. The second-order valence-electron chi connectivity index (χ2n) is 4.09. The number of hydrogen-bond acceptors (Lipinski definition) is 4. The Morgan fingerprint density at radius 3 is 2.81 bits per heavy atom. The van der Waals surface area contributed by atoms with Crippen LogP contribution in [-0.4, -0.2) is 28.9 Å². The van der Waals surface area contributed by atoms with Crippen LogP contribution in [0.25, 0.3) is 0 Å². The van der Waals surface area contributed by atoms with E-state index in [-0.39, 0.29) is 6.54 Å². The zero-order valence-electron chi connectivity index (χ0n) is 11.2. The Labute approximate surface area is 125 Å². The van der Waals surface area contributed by atoms with Gasteiger partial charge in [0.25, 0.3) is 0 Å². The lowest BCUT2D eigenvalue weighted by Gasteiger charge is -2.05. The van der Waals surface area contributed by atoms with Gasteiger partial charge in [-0.1, -0.05) is 17.7 Å². The van der Waals surface area contributed by atoms with Gasteiger partial charge >= 0.3 is 12.0 Å². The van der Waals surface area contributed by atoms with Crippen molar-refractivity contribution in [1.82, 2.24) is 9.78 Å². The first-order valence-electron chi connectivity index (χ1n) is 5.99. The molecule has 110 valence electrons. The lowest BCUT2D eigenvalue weighted by Crippen LogP contribution is -2.19. The highest BCUT2D eigenvalue weighted by molar-refractivity contribution is 6.30. The average molecular weight is 309 g/mol. The summed E-state index contributed by atoms with van der Waals surface area (Å²) in [5.41, 5.74) is 1.03. The Morgan fingerprint density at radius 2 is 2.10 bits per heavy atom. The summed E-state index contributed by atoms with van der Waals surface area (Å²) >= 11 is 5.83. The van der Waals surface area contributed by atoms with Crippen LogP contribution in [0.4, 0.5) is 16.2 Å². The van der Waals surface area contributed by atoms with E-state index in [1.165, 1.54) is 24.2 Å². The molecule has 2 amide bonds. The van der Waals surface area contributed by atoms with Crippen LogP contribution in [0, 0.1) is 0 Å². The highest BCUT2D eigenvalue weighted by Gasteiger charge is 2.07. The molecule has 2 N–H and O–H groups in total. The van der Waals surface area contributed by atoms with Crippen molar-refractivity contribution in [3.8, 4) is 0 Å². The van der Waals surface area contributed by atoms with E-state index in [0.717, 1.165) is 0 Å². The molecule has 0 radical (unpaired) electrons. The van der Waals surface area contributed by atoms with Crippen molar-refractivity contribution in [3.63, 3.8) is 0 Å². The summed E-state index contributed by atoms with van der Waals surface area (Å²) in [5, 5.41) is 9.68. The van der Waals surface area contributed by atoms with Crippen LogP contribution in [0.2, 0.25) is 5.02 Å². The van der Waals surface area contributed by atoms with Gasteiger partial charge < -0.3 is 15.4 Å². The molecule has 0 aliphatic rings. The first-order valence-corrected chi connectivity index (χ1v) is 6.37. The summed E-state index contributed by atoms with van der Waals surface area (Å²) in [5.74, 6) is -0.423. The zero-order valence-corrected chi connectivity index (χ0v) is 11.9. The van der Waals surface area contributed by atoms with Gasteiger partial charge in [-0.25, -0.2) is 4.79 Å². The number of benzene rings is 1. The van der Waals surface area contributed by atoms with E-state index in [2.05, 4.69) is 20.5 Å². The van der Waals surface area contributed by atoms with Crippen LogP contribution in [0.1, 0.15) is 0 Å². The first kappa shape index (κ1) is 14.9. The molecule has 21 heavy (non-hydrogen) atoms. The van der Waals surface area contributed by atoms with Gasteiger partial charge in [0.15, 0.2) is 0 Å². The van der Waals surface area contributed by atoms with Gasteiger partial charge in [-0.3, -0.25) is 9.48 Å².